The van der Waals surface area contributed by atoms with Crippen LogP contribution in [0.15, 0.2) is 0 Å². The molecule has 0 saturated heterocycles. The minimum atomic E-state index is -4.22. The average Bonchev–Trinajstić information content (AvgIpc) is 1.97. The summed E-state index contributed by atoms with van der Waals surface area (Å²) in [5, 5.41) is 0.521. The molecule has 0 aliphatic heterocycles. The molecule has 0 radical (unpaired) electrons. The zero-order valence-corrected chi connectivity index (χ0v) is 9.60. The normalized spacial score (nSPS) is 12.0. The Morgan fingerprint density at radius 3 is 1.55 bits per heavy atom. The van der Waals surface area contributed by atoms with Crippen molar-refractivity contribution >= 4 is 14.2 Å². The maximum atomic E-state index is 13.0. The van der Waals surface area contributed by atoms with Gasteiger partial charge in [0, 0.05) is 0 Å². The number of hydrogen-bond donors (Lipinski definition) is 0. The Hall–Kier alpha value is 0.403. The van der Waals surface area contributed by atoms with Crippen LogP contribution in [-0.2, 0) is 0 Å². The first-order valence-corrected chi connectivity index (χ1v) is 9.05. The van der Waals surface area contributed by atoms with E-state index in [0.29, 0.717) is 0 Å². The van der Waals surface area contributed by atoms with E-state index in [1.54, 1.807) is 0 Å². The van der Waals surface area contributed by atoms with Gasteiger partial charge in [-0.3, -0.25) is 0 Å². The third kappa shape index (κ3) is 6.79. The summed E-state index contributed by atoms with van der Waals surface area (Å²) in [4.78, 5) is 0. The molecule has 0 saturated carbocycles. The van der Waals surface area contributed by atoms with Gasteiger partial charge in [0.15, 0.2) is 0 Å². The predicted octanol–water partition coefficient (Wildman–Crippen LogP) is 3.97. The molecule has 0 aromatic rings. The van der Waals surface area contributed by atoms with E-state index in [1.165, 1.54) is 0 Å². The number of halogens is 2. The summed E-state index contributed by atoms with van der Waals surface area (Å²) in [6.07, 6.45) is 3.29. The minimum absolute atomic E-state index is 0.260. The van der Waals surface area contributed by atoms with Crippen molar-refractivity contribution in [2.24, 2.45) is 0 Å². The molecular formula is C8H18F2Ge. The van der Waals surface area contributed by atoms with E-state index in [0.717, 1.165) is 25.7 Å². The molecule has 0 aromatic heterocycles. The Labute approximate surface area is 71.7 Å². The molecule has 0 fully saturated rings. The molecule has 0 amide bonds. The SMILES string of the molecule is CCC[CH2][Ge]([F])([F])[CH2]CCC. The van der Waals surface area contributed by atoms with Crippen molar-refractivity contribution in [1.82, 2.24) is 0 Å². The van der Waals surface area contributed by atoms with E-state index in [2.05, 4.69) is 0 Å². The van der Waals surface area contributed by atoms with Crippen LogP contribution in [0.5, 0.6) is 0 Å². The maximum absolute atomic E-state index is 13.0. The van der Waals surface area contributed by atoms with Gasteiger partial charge in [-0.25, -0.2) is 0 Å². The topological polar surface area (TPSA) is 0 Å². The molecule has 0 rings (SSSR count). The molecule has 0 N–H and O–H groups in total. The molecule has 0 nitrogen and oxygen atoms in total. The van der Waals surface area contributed by atoms with Crippen molar-refractivity contribution in [2.45, 2.75) is 50.0 Å². The van der Waals surface area contributed by atoms with Crippen molar-refractivity contribution in [3.63, 3.8) is 0 Å². The summed E-state index contributed by atoms with van der Waals surface area (Å²) < 4.78 is 26.0. The van der Waals surface area contributed by atoms with Crippen molar-refractivity contribution in [1.29, 1.82) is 0 Å². The van der Waals surface area contributed by atoms with Gasteiger partial charge >= 0.3 is 71.2 Å². The van der Waals surface area contributed by atoms with Gasteiger partial charge in [0.1, 0.15) is 0 Å². The molecule has 3 heteroatoms. The fourth-order valence-electron chi connectivity index (χ4n) is 0.996. The fourth-order valence-corrected chi connectivity index (χ4v) is 5.17. The van der Waals surface area contributed by atoms with Crippen molar-refractivity contribution in [3.8, 4) is 0 Å². The van der Waals surface area contributed by atoms with Crippen LogP contribution in [-0.4, -0.2) is 14.2 Å². The van der Waals surface area contributed by atoms with E-state index >= 15 is 0 Å². The first-order valence-electron chi connectivity index (χ1n) is 4.50. The molecule has 0 aromatic carbocycles. The van der Waals surface area contributed by atoms with Gasteiger partial charge in [0.25, 0.3) is 0 Å². The molecule has 0 heterocycles. The Balaban J connectivity index is 3.43. The first-order chi connectivity index (χ1) is 5.12. The van der Waals surface area contributed by atoms with Crippen LogP contribution in [0.3, 0.4) is 0 Å². The summed E-state index contributed by atoms with van der Waals surface area (Å²) in [5.41, 5.74) is 0. The number of hydrogen-bond acceptors (Lipinski definition) is 0. The van der Waals surface area contributed by atoms with E-state index in [4.69, 9.17) is 0 Å². The summed E-state index contributed by atoms with van der Waals surface area (Å²) in [5.74, 6) is 0. The third-order valence-electron chi connectivity index (χ3n) is 1.79. The molecule has 0 bridgehead atoms. The van der Waals surface area contributed by atoms with Crippen LogP contribution < -0.4 is 0 Å². The second-order valence-electron chi connectivity index (χ2n) is 3.06. The molecule has 0 aliphatic carbocycles. The second kappa shape index (κ2) is 5.98. The molecule has 0 spiro atoms. The number of unbranched alkanes of at least 4 members (excludes halogenated alkanes) is 2. The molecule has 0 unspecified atom stereocenters. The first kappa shape index (κ1) is 11.4. The van der Waals surface area contributed by atoms with E-state index in [1.807, 2.05) is 13.8 Å². The van der Waals surface area contributed by atoms with Crippen molar-refractivity contribution in [3.05, 3.63) is 0 Å². The molecular weight excluding hydrogens is 207 g/mol. The molecule has 0 aliphatic rings. The van der Waals surface area contributed by atoms with Crippen LogP contribution in [0.1, 0.15) is 39.5 Å². The molecule has 11 heavy (non-hydrogen) atoms. The summed E-state index contributed by atoms with van der Waals surface area (Å²) >= 11 is -4.22. The van der Waals surface area contributed by atoms with Crippen LogP contribution in [0, 0.1) is 0 Å². The fraction of sp³-hybridized carbons (Fsp3) is 1.00. The zero-order chi connectivity index (χ0) is 8.74. The van der Waals surface area contributed by atoms with Gasteiger partial charge in [-0.2, -0.15) is 0 Å². The van der Waals surface area contributed by atoms with Crippen LogP contribution in [0.25, 0.3) is 0 Å². The number of rotatable bonds is 6. The van der Waals surface area contributed by atoms with Gasteiger partial charge in [0.2, 0.25) is 0 Å². The van der Waals surface area contributed by atoms with Gasteiger partial charge in [-0.05, 0) is 0 Å². The van der Waals surface area contributed by atoms with Gasteiger partial charge in [0.05, 0.1) is 0 Å². The van der Waals surface area contributed by atoms with Gasteiger partial charge < -0.3 is 0 Å². The van der Waals surface area contributed by atoms with Crippen LogP contribution in [0.4, 0.5) is 7.00 Å². The van der Waals surface area contributed by atoms with Gasteiger partial charge in [-0.1, -0.05) is 0 Å². The Morgan fingerprint density at radius 2 is 1.27 bits per heavy atom. The van der Waals surface area contributed by atoms with E-state index in [9.17, 15) is 7.00 Å². The van der Waals surface area contributed by atoms with Crippen molar-refractivity contribution < 1.29 is 7.00 Å². The summed E-state index contributed by atoms with van der Waals surface area (Å²) in [6.45, 7) is 3.94. The Kier molecular flexibility index (Phi) is 6.20. The average molecular weight is 225 g/mol. The van der Waals surface area contributed by atoms with Gasteiger partial charge in [-0.15, -0.1) is 0 Å². The van der Waals surface area contributed by atoms with E-state index in [-0.39, 0.29) is 10.5 Å². The van der Waals surface area contributed by atoms with Crippen LogP contribution >= 0.6 is 0 Å². The van der Waals surface area contributed by atoms with E-state index < -0.39 is 14.2 Å². The second-order valence-corrected chi connectivity index (χ2v) is 8.75. The monoisotopic (exact) mass is 226 g/mol. The van der Waals surface area contributed by atoms with Crippen molar-refractivity contribution in [2.75, 3.05) is 0 Å². The Bertz CT molecular complexity index is 84.1. The summed E-state index contributed by atoms with van der Waals surface area (Å²) in [6, 6.07) is 0. The predicted molar refractivity (Wildman–Crippen MR) is 47.4 cm³/mol. The third-order valence-corrected chi connectivity index (χ3v) is 6.35. The standard InChI is InChI=1S/C8H18F2Ge/c1-3-5-7-11(9,10)8-6-4-2/h3-8H2,1-2H3. The quantitative estimate of drug-likeness (QED) is 0.599. The molecule has 68 valence electrons. The summed E-state index contributed by atoms with van der Waals surface area (Å²) in [7, 11) is 0. The molecule has 0 atom stereocenters. The zero-order valence-electron chi connectivity index (χ0n) is 7.50. The van der Waals surface area contributed by atoms with Crippen LogP contribution in [0.2, 0.25) is 10.5 Å². The Morgan fingerprint density at radius 1 is 0.909 bits per heavy atom.